The molecule has 0 radical (unpaired) electrons. The first-order valence-electron chi connectivity index (χ1n) is 2.74. The van der Waals surface area contributed by atoms with Crippen LogP contribution in [-0.2, 0) is 0 Å². The second kappa shape index (κ2) is 4.68. The first kappa shape index (κ1) is 8.83. The van der Waals surface area contributed by atoms with Crippen LogP contribution >= 0.6 is 12.2 Å². The Morgan fingerprint density at radius 2 is 2.40 bits per heavy atom. The highest BCUT2D eigenvalue weighted by Crippen LogP contribution is 1.86. The predicted molar refractivity (Wildman–Crippen MR) is 43.1 cm³/mol. The van der Waals surface area contributed by atoms with Crippen molar-refractivity contribution < 1.29 is 0 Å². The highest BCUT2D eigenvalue weighted by atomic mass is 32.1. The van der Waals surface area contributed by atoms with Crippen molar-refractivity contribution >= 4 is 23.1 Å². The first-order valence-corrected chi connectivity index (χ1v) is 3.15. The molecule has 0 rings (SSSR count). The van der Waals surface area contributed by atoms with Gasteiger partial charge in [-0.3, -0.25) is 5.41 Å². The van der Waals surface area contributed by atoms with Crippen molar-refractivity contribution in [2.75, 3.05) is 6.54 Å². The third kappa shape index (κ3) is 2.40. The molecule has 0 fully saturated rings. The van der Waals surface area contributed by atoms with Crippen molar-refractivity contribution in [3.05, 3.63) is 5.57 Å². The lowest BCUT2D eigenvalue weighted by Crippen LogP contribution is -2.22. The Labute approximate surface area is 64.9 Å². The number of nitriles is 1. The quantitative estimate of drug-likeness (QED) is 0.264. The van der Waals surface area contributed by atoms with Crippen molar-refractivity contribution in [2.24, 2.45) is 0 Å². The molecule has 0 aliphatic heterocycles. The number of nitrogens with one attached hydrogen (secondary N) is 2. The highest BCUT2D eigenvalue weighted by Gasteiger charge is 1.99. The Kier molecular flexibility index (Phi) is 4.14. The monoisotopic (exact) mass is 153 g/mol. The Morgan fingerprint density at radius 3 is 2.70 bits per heavy atom. The molecular weight excluding hydrogens is 146 g/mol. The lowest BCUT2D eigenvalue weighted by atomic mass is 10.3. The number of thiocarbonyl (C=S) groups is 1. The molecule has 0 spiro atoms. The van der Waals surface area contributed by atoms with Crippen molar-refractivity contribution in [2.45, 2.75) is 6.92 Å². The third-order valence-corrected chi connectivity index (χ3v) is 1.15. The molecule has 0 atom stereocenters. The number of likely N-dealkylation sites (N-methyl/N-ethyl adjacent to an activating group) is 1. The maximum absolute atomic E-state index is 8.33. The SMILES string of the molecule is CCNC(=S)C(=C=N)C#N. The molecule has 10 heavy (non-hydrogen) atoms. The Morgan fingerprint density at radius 1 is 1.80 bits per heavy atom. The fourth-order valence-electron chi connectivity index (χ4n) is 0.384. The van der Waals surface area contributed by atoms with E-state index in [1.807, 2.05) is 12.8 Å². The lowest BCUT2D eigenvalue weighted by Gasteiger charge is -1.98. The molecule has 0 aliphatic carbocycles. The second-order valence-corrected chi connectivity index (χ2v) is 1.88. The van der Waals surface area contributed by atoms with Gasteiger partial charge in [0.15, 0.2) is 0 Å². The van der Waals surface area contributed by atoms with E-state index in [2.05, 4.69) is 5.32 Å². The topological polar surface area (TPSA) is 59.7 Å². The van der Waals surface area contributed by atoms with Crippen LogP contribution in [0, 0.1) is 16.7 Å². The molecule has 0 aromatic rings. The Bertz CT molecular complexity index is 220. The van der Waals surface area contributed by atoms with Gasteiger partial charge in [-0.1, -0.05) is 12.2 Å². The van der Waals surface area contributed by atoms with Crippen LogP contribution in [0.2, 0.25) is 0 Å². The van der Waals surface area contributed by atoms with Crippen LogP contribution in [0.3, 0.4) is 0 Å². The van der Waals surface area contributed by atoms with Crippen LogP contribution in [0.15, 0.2) is 5.57 Å². The molecule has 4 heteroatoms. The molecule has 0 saturated heterocycles. The van der Waals surface area contributed by atoms with Gasteiger partial charge in [0.05, 0.1) is 0 Å². The highest BCUT2D eigenvalue weighted by molar-refractivity contribution is 7.80. The smallest absolute Gasteiger partial charge is 0.147 e. The van der Waals surface area contributed by atoms with Gasteiger partial charge in [0.25, 0.3) is 0 Å². The maximum Gasteiger partial charge on any atom is 0.147 e. The zero-order valence-corrected chi connectivity index (χ0v) is 6.38. The predicted octanol–water partition coefficient (Wildman–Crippen LogP) is 0.622. The van der Waals surface area contributed by atoms with Gasteiger partial charge in [-0.15, -0.1) is 0 Å². The van der Waals surface area contributed by atoms with Gasteiger partial charge in [-0.25, -0.2) is 0 Å². The fourth-order valence-corrected chi connectivity index (χ4v) is 0.625. The van der Waals surface area contributed by atoms with Crippen LogP contribution in [0.5, 0.6) is 0 Å². The van der Waals surface area contributed by atoms with Gasteiger partial charge in [0, 0.05) is 12.4 Å². The number of hydrogen-bond donors (Lipinski definition) is 2. The summed E-state index contributed by atoms with van der Waals surface area (Å²) in [7, 11) is 0. The van der Waals surface area contributed by atoms with E-state index in [0.29, 0.717) is 11.5 Å². The second-order valence-electron chi connectivity index (χ2n) is 1.47. The summed E-state index contributed by atoms with van der Waals surface area (Å²) in [6.07, 6.45) is 0. The minimum atomic E-state index is 0.0804. The van der Waals surface area contributed by atoms with E-state index in [1.54, 1.807) is 6.07 Å². The minimum absolute atomic E-state index is 0.0804. The van der Waals surface area contributed by atoms with Crippen LogP contribution in [-0.4, -0.2) is 17.4 Å². The summed E-state index contributed by atoms with van der Waals surface area (Å²) in [5.74, 6) is 1.94. The van der Waals surface area contributed by atoms with Crippen molar-refractivity contribution in [1.29, 1.82) is 10.7 Å². The van der Waals surface area contributed by atoms with E-state index in [0.717, 1.165) is 0 Å². The number of nitrogens with zero attached hydrogens (tertiary/aromatic N) is 1. The van der Waals surface area contributed by atoms with Gasteiger partial charge < -0.3 is 5.32 Å². The molecule has 0 saturated carbocycles. The molecular formula is C6H7N3S. The Hall–Kier alpha value is -1.17. The molecule has 3 nitrogen and oxygen atoms in total. The fraction of sp³-hybridized carbons (Fsp3) is 0.333. The molecule has 0 bridgehead atoms. The summed E-state index contributed by atoms with van der Waals surface area (Å²) >= 11 is 4.72. The van der Waals surface area contributed by atoms with Crippen molar-refractivity contribution in [1.82, 2.24) is 5.32 Å². The summed E-state index contributed by atoms with van der Waals surface area (Å²) in [6, 6.07) is 1.75. The molecule has 0 aromatic carbocycles. The van der Waals surface area contributed by atoms with Gasteiger partial charge >= 0.3 is 0 Å². The molecule has 0 aromatic heterocycles. The van der Waals surface area contributed by atoms with Gasteiger partial charge in [-0.05, 0) is 6.92 Å². The van der Waals surface area contributed by atoms with Crippen molar-refractivity contribution in [3.8, 4) is 6.07 Å². The molecule has 2 N–H and O–H groups in total. The maximum atomic E-state index is 8.33. The van der Waals surface area contributed by atoms with E-state index >= 15 is 0 Å². The van der Waals surface area contributed by atoms with Crippen LogP contribution in [0.1, 0.15) is 6.92 Å². The third-order valence-electron chi connectivity index (χ3n) is 0.801. The summed E-state index contributed by atoms with van der Waals surface area (Å²) in [6.45, 7) is 2.52. The molecule has 0 amide bonds. The summed E-state index contributed by atoms with van der Waals surface area (Å²) < 4.78 is 0. The standard InChI is InChI=1S/C6H7N3S/c1-2-9-6(10)5(3-7)4-8/h7H,2H2,1H3,(H,9,10). The average Bonchev–Trinajstić information content (AvgIpc) is 1.91. The van der Waals surface area contributed by atoms with E-state index < -0.39 is 0 Å². The zero-order chi connectivity index (χ0) is 7.98. The average molecular weight is 153 g/mol. The van der Waals surface area contributed by atoms with Crippen LogP contribution in [0.25, 0.3) is 0 Å². The van der Waals surface area contributed by atoms with Crippen LogP contribution in [0.4, 0.5) is 0 Å². The van der Waals surface area contributed by atoms with E-state index in [-0.39, 0.29) is 5.57 Å². The number of hydrogen-bond acceptors (Lipinski definition) is 3. The van der Waals surface area contributed by atoms with Gasteiger partial charge in [0.2, 0.25) is 0 Å². The zero-order valence-electron chi connectivity index (χ0n) is 5.56. The van der Waals surface area contributed by atoms with E-state index in [4.69, 9.17) is 22.9 Å². The van der Waals surface area contributed by atoms with Crippen LogP contribution < -0.4 is 5.32 Å². The summed E-state index contributed by atoms with van der Waals surface area (Å²) in [5, 5.41) is 17.7. The largest absolute Gasteiger partial charge is 0.375 e. The molecule has 0 aliphatic rings. The normalized spacial score (nSPS) is 7.20. The van der Waals surface area contributed by atoms with E-state index in [9.17, 15) is 0 Å². The van der Waals surface area contributed by atoms with E-state index in [1.165, 1.54) is 0 Å². The summed E-state index contributed by atoms with van der Waals surface area (Å²) in [5.41, 5.74) is 0.0804. The molecule has 52 valence electrons. The number of rotatable bonds is 2. The van der Waals surface area contributed by atoms with Gasteiger partial charge in [-0.2, -0.15) is 5.26 Å². The van der Waals surface area contributed by atoms with Gasteiger partial charge in [0.1, 0.15) is 16.6 Å². The molecule has 0 heterocycles. The van der Waals surface area contributed by atoms with Crippen molar-refractivity contribution in [3.63, 3.8) is 0 Å². The first-order chi connectivity index (χ1) is 4.76. The molecule has 0 unspecified atom stereocenters. The lowest BCUT2D eigenvalue weighted by molar-refractivity contribution is 0.984. The minimum Gasteiger partial charge on any atom is -0.375 e. The Balaban J connectivity index is 4.23. The summed E-state index contributed by atoms with van der Waals surface area (Å²) in [4.78, 5) is 0.292.